The lowest BCUT2D eigenvalue weighted by Gasteiger charge is -2.24. The Kier molecular flexibility index (Phi) is 6.55. The number of carbonyl (C=O) groups excluding carboxylic acids is 2. The standard InChI is InChI=1S/C20H25F2N3O2/c21-17-13-16(14-18(22)15-17)3-4-19(26)24-8-5-20(27)25(12-11-24)10-9-23-6-1-2-7-23/h3-4,13-15H,1-2,5-12H2/b4-3+. The maximum absolute atomic E-state index is 13.2. The van der Waals surface area contributed by atoms with Crippen molar-refractivity contribution in [3.8, 4) is 0 Å². The third-order valence-electron chi connectivity index (χ3n) is 5.09. The van der Waals surface area contributed by atoms with Crippen molar-refractivity contribution in [1.29, 1.82) is 0 Å². The van der Waals surface area contributed by atoms with Crippen LogP contribution in [-0.4, -0.2) is 72.3 Å². The Morgan fingerprint density at radius 1 is 0.963 bits per heavy atom. The number of rotatable bonds is 5. The van der Waals surface area contributed by atoms with Gasteiger partial charge in [-0.2, -0.15) is 0 Å². The Bertz CT molecular complexity index is 697. The molecule has 0 N–H and O–H groups in total. The minimum Gasteiger partial charge on any atom is -0.340 e. The summed E-state index contributed by atoms with van der Waals surface area (Å²) in [5.41, 5.74) is 0.291. The maximum Gasteiger partial charge on any atom is 0.246 e. The molecular formula is C20H25F2N3O2. The van der Waals surface area contributed by atoms with E-state index < -0.39 is 11.6 Å². The van der Waals surface area contributed by atoms with Crippen molar-refractivity contribution in [3.05, 3.63) is 41.5 Å². The molecule has 2 fully saturated rings. The summed E-state index contributed by atoms with van der Waals surface area (Å²) < 4.78 is 26.4. The van der Waals surface area contributed by atoms with Gasteiger partial charge in [-0.05, 0) is 49.7 Å². The first-order valence-electron chi connectivity index (χ1n) is 9.44. The highest BCUT2D eigenvalue weighted by atomic mass is 19.1. The summed E-state index contributed by atoms with van der Waals surface area (Å²) in [6.45, 7) is 5.10. The molecule has 0 unspecified atom stereocenters. The first-order valence-corrected chi connectivity index (χ1v) is 9.44. The summed E-state index contributed by atoms with van der Waals surface area (Å²) in [5.74, 6) is -1.55. The Morgan fingerprint density at radius 2 is 1.67 bits per heavy atom. The van der Waals surface area contributed by atoms with E-state index in [1.807, 2.05) is 4.90 Å². The van der Waals surface area contributed by atoms with Gasteiger partial charge in [0.15, 0.2) is 0 Å². The molecule has 1 aromatic carbocycles. The Morgan fingerprint density at radius 3 is 2.37 bits per heavy atom. The van der Waals surface area contributed by atoms with E-state index in [0.29, 0.717) is 38.2 Å². The average molecular weight is 377 g/mol. The summed E-state index contributed by atoms with van der Waals surface area (Å²) in [4.78, 5) is 30.5. The number of amides is 2. The number of benzene rings is 1. The fraction of sp³-hybridized carbons (Fsp3) is 0.500. The van der Waals surface area contributed by atoms with E-state index in [4.69, 9.17) is 0 Å². The zero-order valence-electron chi connectivity index (χ0n) is 15.4. The number of likely N-dealkylation sites (tertiary alicyclic amines) is 1. The fourth-order valence-corrected chi connectivity index (χ4v) is 3.54. The Hall–Kier alpha value is -2.28. The van der Waals surface area contributed by atoms with Crippen LogP contribution < -0.4 is 0 Å². The summed E-state index contributed by atoms with van der Waals surface area (Å²) in [5, 5.41) is 0. The normalized spacial score (nSPS) is 19.1. The van der Waals surface area contributed by atoms with Gasteiger partial charge >= 0.3 is 0 Å². The van der Waals surface area contributed by atoms with Gasteiger partial charge in [0.2, 0.25) is 11.8 Å². The van der Waals surface area contributed by atoms with Gasteiger partial charge in [-0.1, -0.05) is 0 Å². The first-order chi connectivity index (χ1) is 13.0. The summed E-state index contributed by atoms with van der Waals surface area (Å²) in [6.07, 6.45) is 5.44. The molecule has 0 atom stereocenters. The third kappa shape index (κ3) is 5.60. The molecule has 0 saturated carbocycles. The van der Waals surface area contributed by atoms with E-state index in [0.717, 1.165) is 25.7 Å². The minimum atomic E-state index is -0.684. The van der Waals surface area contributed by atoms with Crippen molar-refractivity contribution in [2.75, 3.05) is 45.8 Å². The lowest BCUT2D eigenvalue weighted by molar-refractivity contribution is -0.130. The maximum atomic E-state index is 13.2. The molecule has 2 saturated heterocycles. The van der Waals surface area contributed by atoms with E-state index in [-0.39, 0.29) is 11.8 Å². The van der Waals surface area contributed by atoms with Crippen molar-refractivity contribution in [2.45, 2.75) is 19.3 Å². The molecule has 146 valence electrons. The van der Waals surface area contributed by atoms with Gasteiger partial charge in [0.05, 0.1) is 0 Å². The smallest absolute Gasteiger partial charge is 0.246 e. The van der Waals surface area contributed by atoms with Crippen LogP contribution in [0.1, 0.15) is 24.8 Å². The fourth-order valence-electron chi connectivity index (χ4n) is 3.54. The van der Waals surface area contributed by atoms with Crippen LogP contribution in [0.15, 0.2) is 24.3 Å². The van der Waals surface area contributed by atoms with Crippen LogP contribution >= 0.6 is 0 Å². The van der Waals surface area contributed by atoms with E-state index in [2.05, 4.69) is 4.90 Å². The van der Waals surface area contributed by atoms with E-state index >= 15 is 0 Å². The lowest BCUT2D eigenvalue weighted by atomic mass is 10.2. The number of nitrogens with zero attached hydrogens (tertiary/aromatic N) is 3. The number of carbonyl (C=O) groups is 2. The molecule has 2 aliphatic heterocycles. The number of hydrogen-bond acceptors (Lipinski definition) is 3. The molecule has 7 heteroatoms. The monoisotopic (exact) mass is 377 g/mol. The molecule has 2 heterocycles. The highest BCUT2D eigenvalue weighted by molar-refractivity contribution is 5.92. The lowest BCUT2D eigenvalue weighted by Crippen LogP contribution is -2.39. The van der Waals surface area contributed by atoms with Crippen molar-refractivity contribution in [3.63, 3.8) is 0 Å². The van der Waals surface area contributed by atoms with E-state index in [1.165, 1.54) is 37.1 Å². The zero-order chi connectivity index (χ0) is 19.2. The molecule has 27 heavy (non-hydrogen) atoms. The number of halogens is 2. The molecule has 0 aromatic heterocycles. The van der Waals surface area contributed by atoms with Gasteiger partial charge < -0.3 is 14.7 Å². The molecule has 2 aliphatic rings. The van der Waals surface area contributed by atoms with Gasteiger partial charge in [0, 0.05) is 51.3 Å². The van der Waals surface area contributed by atoms with Crippen molar-refractivity contribution < 1.29 is 18.4 Å². The van der Waals surface area contributed by atoms with E-state index in [1.54, 1.807) is 4.90 Å². The predicted octanol–water partition coefficient (Wildman–Crippen LogP) is 2.13. The van der Waals surface area contributed by atoms with Gasteiger partial charge in [-0.25, -0.2) is 8.78 Å². The second-order valence-electron chi connectivity index (χ2n) is 7.04. The highest BCUT2D eigenvalue weighted by Gasteiger charge is 2.23. The molecule has 0 aliphatic carbocycles. The van der Waals surface area contributed by atoms with Crippen LogP contribution in [0.2, 0.25) is 0 Å². The van der Waals surface area contributed by atoms with Crippen LogP contribution in [-0.2, 0) is 9.59 Å². The third-order valence-corrected chi connectivity index (χ3v) is 5.09. The highest BCUT2D eigenvalue weighted by Crippen LogP contribution is 2.12. The summed E-state index contributed by atoms with van der Waals surface area (Å²) in [7, 11) is 0. The van der Waals surface area contributed by atoms with Gasteiger partial charge in [-0.15, -0.1) is 0 Å². The SMILES string of the molecule is O=C(/C=C/c1cc(F)cc(F)c1)N1CCC(=O)N(CCN2CCCC2)CC1. The van der Waals surface area contributed by atoms with Gasteiger partial charge in [0.25, 0.3) is 0 Å². The van der Waals surface area contributed by atoms with Crippen LogP contribution in [0.4, 0.5) is 8.78 Å². The molecule has 1 aromatic rings. The predicted molar refractivity (Wildman–Crippen MR) is 98.8 cm³/mol. The molecule has 0 spiro atoms. The number of hydrogen-bond donors (Lipinski definition) is 0. The van der Waals surface area contributed by atoms with Crippen LogP contribution in [0.25, 0.3) is 6.08 Å². The average Bonchev–Trinajstić information content (AvgIpc) is 3.07. The summed E-state index contributed by atoms with van der Waals surface area (Å²) >= 11 is 0. The zero-order valence-corrected chi connectivity index (χ0v) is 15.4. The van der Waals surface area contributed by atoms with Gasteiger partial charge in [-0.3, -0.25) is 9.59 Å². The molecule has 3 rings (SSSR count). The van der Waals surface area contributed by atoms with Crippen molar-refractivity contribution in [1.82, 2.24) is 14.7 Å². The van der Waals surface area contributed by atoms with Gasteiger partial charge in [0.1, 0.15) is 11.6 Å². The molecule has 5 nitrogen and oxygen atoms in total. The molecule has 2 amide bonds. The van der Waals surface area contributed by atoms with Crippen molar-refractivity contribution in [2.24, 2.45) is 0 Å². The van der Waals surface area contributed by atoms with Crippen LogP contribution in [0.5, 0.6) is 0 Å². The quantitative estimate of drug-likeness (QED) is 0.739. The molecular weight excluding hydrogens is 352 g/mol. The van der Waals surface area contributed by atoms with Crippen LogP contribution in [0.3, 0.4) is 0 Å². The Balaban J connectivity index is 1.53. The van der Waals surface area contributed by atoms with E-state index in [9.17, 15) is 18.4 Å². The second-order valence-corrected chi connectivity index (χ2v) is 7.04. The minimum absolute atomic E-state index is 0.0701. The topological polar surface area (TPSA) is 43.9 Å². The largest absolute Gasteiger partial charge is 0.340 e. The Labute approximate surface area is 158 Å². The van der Waals surface area contributed by atoms with Crippen molar-refractivity contribution >= 4 is 17.9 Å². The first kappa shape index (κ1) is 19.5. The summed E-state index contributed by atoms with van der Waals surface area (Å²) in [6, 6.07) is 3.12. The molecule has 0 radical (unpaired) electrons. The van der Waals surface area contributed by atoms with Crippen LogP contribution in [0, 0.1) is 11.6 Å². The molecule has 0 bridgehead atoms. The second kappa shape index (κ2) is 9.08.